The van der Waals surface area contributed by atoms with Crippen molar-refractivity contribution in [2.45, 2.75) is 13.2 Å². The Morgan fingerprint density at radius 2 is 2.00 bits per heavy atom. The van der Waals surface area contributed by atoms with Gasteiger partial charge in [0.1, 0.15) is 0 Å². The Balaban J connectivity index is 0.00000200. The molecule has 0 bridgehead atoms. The molecule has 112 valence electrons. The lowest BCUT2D eigenvalue weighted by molar-refractivity contribution is -0.286. The first kappa shape index (κ1) is 16.5. The number of benzene rings is 1. The lowest BCUT2D eigenvalue weighted by Gasteiger charge is -2.11. The third-order valence-electron chi connectivity index (χ3n) is 2.63. The van der Waals surface area contributed by atoms with Crippen molar-refractivity contribution in [2.75, 3.05) is 18.9 Å². The van der Waals surface area contributed by atoms with Gasteiger partial charge in [-0.25, -0.2) is 0 Å². The van der Waals surface area contributed by atoms with Crippen LogP contribution in [0.5, 0.6) is 11.5 Å². The minimum Gasteiger partial charge on any atom is -0.395 e. The molecule has 1 heterocycles. The number of amides is 1. The number of ether oxygens (including phenoxy) is 2. The van der Waals surface area contributed by atoms with Gasteiger partial charge in [-0.05, 0) is 19.2 Å². The Hall–Kier alpha value is -1.60. The predicted molar refractivity (Wildman–Crippen MR) is 71.6 cm³/mol. The summed E-state index contributed by atoms with van der Waals surface area (Å²) in [5, 5.41) is 5.51. The molecule has 1 aliphatic rings. The minimum absolute atomic E-state index is 0. The van der Waals surface area contributed by atoms with Crippen LogP contribution in [0.1, 0.15) is 6.92 Å². The second-order valence-corrected chi connectivity index (χ2v) is 4.28. The van der Waals surface area contributed by atoms with Crippen LogP contribution in [-0.2, 0) is 4.79 Å². The number of hydrogen-bond donors (Lipinski definition) is 2. The van der Waals surface area contributed by atoms with E-state index in [1.165, 1.54) is 18.2 Å². The van der Waals surface area contributed by atoms with Crippen molar-refractivity contribution in [3.05, 3.63) is 18.2 Å². The second kappa shape index (κ2) is 6.23. The number of anilines is 1. The maximum absolute atomic E-state index is 12.8. The summed E-state index contributed by atoms with van der Waals surface area (Å²) in [4.78, 5) is 11.8. The predicted octanol–water partition coefficient (Wildman–Crippen LogP) is 2.22. The average molecular weight is 309 g/mol. The maximum Gasteiger partial charge on any atom is 0.586 e. The topological polar surface area (TPSA) is 59.6 Å². The number of alkyl halides is 2. The molecule has 0 aromatic heterocycles. The van der Waals surface area contributed by atoms with Crippen LogP contribution in [0.4, 0.5) is 14.5 Å². The summed E-state index contributed by atoms with van der Waals surface area (Å²) in [7, 11) is 1.74. The zero-order valence-corrected chi connectivity index (χ0v) is 11.7. The summed E-state index contributed by atoms with van der Waals surface area (Å²) >= 11 is 0. The maximum atomic E-state index is 12.8. The number of fused-ring (bicyclic) bond motifs is 1. The number of carbonyl (C=O) groups is 1. The lowest BCUT2D eigenvalue weighted by Crippen LogP contribution is -2.28. The van der Waals surface area contributed by atoms with Crippen molar-refractivity contribution >= 4 is 24.0 Å². The third kappa shape index (κ3) is 3.71. The number of carbonyl (C=O) groups excluding carboxylic acids is 1. The Morgan fingerprint density at radius 3 is 2.65 bits per heavy atom. The van der Waals surface area contributed by atoms with Crippen molar-refractivity contribution in [1.82, 2.24) is 5.32 Å². The number of hydrogen-bond acceptors (Lipinski definition) is 4. The highest BCUT2D eigenvalue weighted by atomic mass is 35.5. The van der Waals surface area contributed by atoms with Crippen LogP contribution in [0.2, 0.25) is 0 Å². The van der Waals surface area contributed by atoms with Gasteiger partial charge in [-0.1, -0.05) is 6.92 Å². The zero-order valence-electron chi connectivity index (χ0n) is 10.9. The first-order valence-electron chi connectivity index (χ1n) is 5.76. The molecule has 1 unspecified atom stereocenters. The van der Waals surface area contributed by atoms with E-state index in [0.29, 0.717) is 12.2 Å². The second-order valence-electron chi connectivity index (χ2n) is 4.28. The zero-order chi connectivity index (χ0) is 14.0. The quantitative estimate of drug-likeness (QED) is 0.895. The smallest absolute Gasteiger partial charge is 0.395 e. The largest absolute Gasteiger partial charge is 0.586 e. The van der Waals surface area contributed by atoms with Crippen LogP contribution in [-0.4, -0.2) is 25.8 Å². The van der Waals surface area contributed by atoms with E-state index < -0.39 is 6.29 Å². The standard InChI is InChI=1S/C12H14F2N2O3.ClH/c1-7(6-15-2)11(17)16-8-3-4-9-10(5-8)19-12(13,14)18-9;/h3-5,7,15H,6H2,1-2H3,(H,16,17);1H. The summed E-state index contributed by atoms with van der Waals surface area (Å²) < 4.78 is 34.2. The van der Waals surface area contributed by atoms with E-state index in [0.717, 1.165) is 0 Å². The molecule has 0 aliphatic carbocycles. The molecule has 0 saturated carbocycles. The molecule has 1 aromatic carbocycles. The molecule has 0 fully saturated rings. The van der Waals surface area contributed by atoms with Crippen molar-refractivity contribution in [3.8, 4) is 11.5 Å². The molecule has 2 N–H and O–H groups in total. The first-order valence-corrected chi connectivity index (χ1v) is 5.76. The van der Waals surface area contributed by atoms with Gasteiger partial charge in [0.2, 0.25) is 5.91 Å². The van der Waals surface area contributed by atoms with Gasteiger partial charge < -0.3 is 20.1 Å². The van der Waals surface area contributed by atoms with Gasteiger partial charge in [0, 0.05) is 24.2 Å². The van der Waals surface area contributed by atoms with Gasteiger partial charge in [0.25, 0.3) is 0 Å². The summed E-state index contributed by atoms with van der Waals surface area (Å²) in [5.41, 5.74) is 0.382. The summed E-state index contributed by atoms with van der Waals surface area (Å²) in [6.07, 6.45) is -3.65. The van der Waals surface area contributed by atoms with Crippen LogP contribution >= 0.6 is 12.4 Å². The Labute approximate surface area is 121 Å². The van der Waals surface area contributed by atoms with Gasteiger partial charge in [-0.2, -0.15) is 0 Å². The Kier molecular flexibility index (Phi) is 5.13. The fourth-order valence-electron chi connectivity index (χ4n) is 1.69. The van der Waals surface area contributed by atoms with Crippen molar-refractivity contribution in [3.63, 3.8) is 0 Å². The molecule has 1 aliphatic heterocycles. The molecule has 1 atom stereocenters. The van der Waals surface area contributed by atoms with E-state index in [9.17, 15) is 13.6 Å². The van der Waals surface area contributed by atoms with Gasteiger partial charge >= 0.3 is 6.29 Å². The molecule has 0 radical (unpaired) electrons. The summed E-state index contributed by atoms with van der Waals surface area (Å²) in [6, 6.07) is 4.11. The van der Waals surface area contributed by atoms with Crippen LogP contribution in [0.25, 0.3) is 0 Å². The lowest BCUT2D eigenvalue weighted by atomic mass is 10.1. The van der Waals surface area contributed by atoms with Crippen molar-refractivity contribution < 1.29 is 23.0 Å². The normalized spacial score (nSPS) is 16.2. The summed E-state index contributed by atoms with van der Waals surface area (Å²) in [5.74, 6) is -0.591. The molecule has 8 heteroatoms. The number of halogens is 3. The number of nitrogens with one attached hydrogen (secondary N) is 2. The molecule has 20 heavy (non-hydrogen) atoms. The van der Waals surface area contributed by atoms with E-state index in [4.69, 9.17) is 0 Å². The van der Waals surface area contributed by atoms with E-state index >= 15 is 0 Å². The van der Waals surface area contributed by atoms with Gasteiger partial charge in [-0.3, -0.25) is 4.79 Å². The highest BCUT2D eigenvalue weighted by molar-refractivity contribution is 5.92. The monoisotopic (exact) mass is 308 g/mol. The molecule has 2 rings (SSSR count). The molecule has 1 amide bonds. The highest BCUT2D eigenvalue weighted by Gasteiger charge is 2.43. The van der Waals surface area contributed by atoms with Crippen molar-refractivity contribution in [2.24, 2.45) is 5.92 Å². The van der Waals surface area contributed by atoms with E-state index in [2.05, 4.69) is 20.1 Å². The van der Waals surface area contributed by atoms with Gasteiger partial charge in [0.15, 0.2) is 11.5 Å². The van der Waals surface area contributed by atoms with Gasteiger partial charge in [0.05, 0.1) is 0 Å². The van der Waals surface area contributed by atoms with Crippen molar-refractivity contribution in [1.29, 1.82) is 0 Å². The van der Waals surface area contributed by atoms with Crippen LogP contribution in [0, 0.1) is 5.92 Å². The molecule has 0 saturated heterocycles. The fourth-order valence-corrected chi connectivity index (χ4v) is 1.69. The van der Waals surface area contributed by atoms with Gasteiger partial charge in [-0.15, -0.1) is 21.2 Å². The highest BCUT2D eigenvalue weighted by Crippen LogP contribution is 2.42. The van der Waals surface area contributed by atoms with E-state index in [1.54, 1.807) is 14.0 Å². The average Bonchev–Trinajstić information content (AvgIpc) is 2.62. The van der Waals surface area contributed by atoms with Crippen LogP contribution in [0.3, 0.4) is 0 Å². The Bertz CT molecular complexity index is 500. The SMILES string of the molecule is CNCC(C)C(=O)Nc1ccc2c(c1)OC(F)(F)O2.Cl. The minimum atomic E-state index is -3.65. The fraction of sp³-hybridized carbons (Fsp3) is 0.417. The molecule has 1 aromatic rings. The van der Waals surface area contributed by atoms with Crippen LogP contribution in [0.15, 0.2) is 18.2 Å². The Morgan fingerprint density at radius 1 is 1.35 bits per heavy atom. The third-order valence-corrected chi connectivity index (χ3v) is 2.63. The van der Waals surface area contributed by atoms with Crippen LogP contribution < -0.4 is 20.1 Å². The molecule has 0 spiro atoms. The van der Waals surface area contributed by atoms with E-state index in [1.807, 2.05) is 0 Å². The summed E-state index contributed by atoms with van der Waals surface area (Å²) in [6.45, 7) is 2.28. The molecular weight excluding hydrogens is 294 g/mol. The van der Waals surface area contributed by atoms with E-state index in [-0.39, 0.29) is 35.7 Å². The molecular formula is C12H15ClF2N2O3. The molecule has 5 nitrogen and oxygen atoms in total. The number of rotatable bonds is 4. The first-order chi connectivity index (χ1) is 8.91.